The Morgan fingerprint density at radius 2 is 1.81 bits per heavy atom. The van der Waals surface area contributed by atoms with Gasteiger partial charge in [-0.25, -0.2) is 0 Å². The first-order chi connectivity index (χ1) is 12.7. The molecule has 8 heteroatoms. The number of carbonyl (C=O) groups excluding carboxylic acids is 1. The van der Waals surface area contributed by atoms with E-state index in [0.29, 0.717) is 17.7 Å². The van der Waals surface area contributed by atoms with Gasteiger partial charge < -0.3 is 9.84 Å². The van der Waals surface area contributed by atoms with Gasteiger partial charge in [0.1, 0.15) is 0 Å². The molecule has 0 saturated carbocycles. The van der Waals surface area contributed by atoms with Crippen LogP contribution in [0.3, 0.4) is 0 Å². The highest BCUT2D eigenvalue weighted by molar-refractivity contribution is 5.94. The van der Waals surface area contributed by atoms with Crippen LogP contribution in [0.15, 0.2) is 47.0 Å². The van der Waals surface area contributed by atoms with Crippen LogP contribution in [-0.4, -0.2) is 16.0 Å². The molecule has 0 atom stereocenters. The number of carbonyl (C=O) groups is 1. The predicted molar refractivity (Wildman–Crippen MR) is 91.8 cm³/mol. The first kappa shape index (κ1) is 18.6. The molecule has 0 aliphatic rings. The summed E-state index contributed by atoms with van der Waals surface area (Å²) in [7, 11) is 0. The van der Waals surface area contributed by atoms with Gasteiger partial charge in [-0.05, 0) is 37.1 Å². The van der Waals surface area contributed by atoms with Crippen LogP contribution < -0.4 is 5.32 Å². The third kappa shape index (κ3) is 4.33. The number of aryl methyl sites for hydroxylation is 2. The van der Waals surface area contributed by atoms with Crippen molar-refractivity contribution >= 4 is 5.91 Å². The number of alkyl halides is 3. The molecular weight excluding hydrogens is 359 g/mol. The number of aromatic nitrogens is 2. The molecule has 1 aromatic heterocycles. The first-order valence-electron chi connectivity index (χ1n) is 8.10. The lowest BCUT2D eigenvalue weighted by molar-refractivity contribution is -0.159. The maximum absolute atomic E-state index is 12.5. The largest absolute Gasteiger partial charge is 0.471 e. The van der Waals surface area contributed by atoms with Gasteiger partial charge in [0.05, 0.1) is 0 Å². The Balaban J connectivity index is 1.68. The number of nitrogens with one attached hydrogen (secondary N) is 1. The van der Waals surface area contributed by atoms with Crippen molar-refractivity contribution in [1.29, 1.82) is 0 Å². The van der Waals surface area contributed by atoms with E-state index < -0.39 is 12.1 Å². The molecule has 2 aromatic carbocycles. The Bertz CT molecular complexity index is 963. The van der Waals surface area contributed by atoms with Crippen molar-refractivity contribution in [2.45, 2.75) is 26.6 Å². The molecule has 0 spiro atoms. The number of nitrogens with zero attached hydrogens (tertiary/aromatic N) is 2. The number of halogens is 3. The number of hydrogen-bond donors (Lipinski definition) is 1. The molecule has 1 N–H and O–H groups in total. The molecule has 0 radical (unpaired) electrons. The van der Waals surface area contributed by atoms with Gasteiger partial charge in [0.2, 0.25) is 5.82 Å². The van der Waals surface area contributed by atoms with Gasteiger partial charge >= 0.3 is 12.1 Å². The van der Waals surface area contributed by atoms with Crippen molar-refractivity contribution < 1.29 is 22.5 Å². The van der Waals surface area contributed by atoms with E-state index in [9.17, 15) is 18.0 Å². The molecular formula is C19H16F3N3O2. The monoisotopic (exact) mass is 375 g/mol. The molecule has 0 fully saturated rings. The summed E-state index contributed by atoms with van der Waals surface area (Å²) in [6.45, 7) is 4.33. The van der Waals surface area contributed by atoms with Gasteiger partial charge in [0, 0.05) is 17.7 Å². The first-order valence-corrected chi connectivity index (χ1v) is 8.10. The fourth-order valence-corrected chi connectivity index (χ4v) is 2.49. The van der Waals surface area contributed by atoms with E-state index in [1.54, 1.807) is 0 Å². The third-order valence-corrected chi connectivity index (χ3v) is 4.02. The van der Waals surface area contributed by atoms with Crippen molar-refractivity contribution in [2.24, 2.45) is 0 Å². The Labute approximate surface area is 153 Å². The summed E-state index contributed by atoms with van der Waals surface area (Å²) in [6.07, 6.45) is -4.70. The molecule has 0 unspecified atom stereocenters. The van der Waals surface area contributed by atoms with Crippen molar-refractivity contribution in [3.05, 3.63) is 70.6 Å². The van der Waals surface area contributed by atoms with Crippen molar-refractivity contribution in [3.8, 4) is 11.4 Å². The van der Waals surface area contributed by atoms with Crippen molar-refractivity contribution in [2.75, 3.05) is 0 Å². The van der Waals surface area contributed by atoms with E-state index in [2.05, 4.69) is 20.0 Å². The van der Waals surface area contributed by atoms with Crippen LogP contribution >= 0.6 is 0 Å². The fraction of sp³-hybridized carbons (Fsp3) is 0.211. The SMILES string of the molecule is Cc1ccc(C)c(CNC(=O)c2ccc(-c3noc(C(F)(F)F)n3)cc2)c1. The van der Waals surface area contributed by atoms with E-state index in [1.165, 1.54) is 24.3 Å². The second-order valence-electron chi connectivity index (χ2n) is 6.11. The molecule has 27 heavy (non-hydrogen) atoms. The maximum atomic E-state index is 12.5. The van der Waals surface area contributed by atoms with Gasteiger partial charge in [0.15, 0.2) is 0 Å². The zero-order chi connectivity index (χ0) is 19.6. The summed E-state index contributed by atoms with van der Waals surface area (Å²) in [5, 5.41) is 6.14. The number of hydrogen-bond acceptors (Lipinski definition) is 4. The van der Waals surface area contributed by atoms with Crippen LogP contribution in [0.2, 0.25) is 0 Å². The maximum Gasteiger partial charge on any atom is 0.471 e. The number of amides is 1. The van der Waals surface area contributed by atoms with Crippen LogP contribution in [0.1, 0.15) is 32.9 Å². The lowest BCUT2D eigenvalue weighted by Gasteiger charge is -2.09. The third-order valence-electron chi connectivity index (χ3n) is 4.02. The molecule has 3 aromatic rings. The van der Waals surface area contributed by atoms with E-state index >= 15 is 0 Å². The topological polar surface area (TPSA) is 68.0 Å². The van der Waals surface area contributed by atoms with Gasteiger partial charge in [-0.2, -0.15) is 18.2 Å². The molecule has 0 aliphatic carbocycles. The highest BCUT2D eigenvalue weighted by Gasteiger charge is 2.38. The molecule has 0 saturated heterocycles. The van der Waals surface area contributed by atoms with Crippen LogP contribution in [0.4, 0.5) is 13.2 Å². The quantitative estimate of drug-likeness (QED) is 0.738. The predicted octanol–water partition coefficient (Wildman–Crippen LogP) is 4.30. The Kier molecular flexibility index (Phi) is 4.98. The van der Waals surface area contributed by atoms with Crippen LogP contribution in [0, 0.1) is 13.8 Å². The van der Waals surface area contributed by atoms with Crippen molar-refractivity contribution in [1.82, 2.24) is 15.5 Å². The van der Waals surface area contributed by atoms with Gasteiger partial charge in [-0.15, -0.1) is 0 Å². The van der Waals surface area contributed by atoms with Crippen molar-refractivity contribution in [3.63, 3.8) is 0 Å². The Morgan fingerprint density at radius 1 is 1.11 bits per heavy atom. The van der Waals surface area contributed by atoms with Gasteiger partial charge in [-0.1, -0.05) is 41.1 Å². The van der Waals surface area contributed by atoms with E-state index in [1.807, 2.05) is 32.0 Å². The standard InChI is InChI=1S/C19H16F3N3O2/c1-11-3-4-12(2)15(9-11)10-23-17(26)14-7-5-13(6-8-14)16-24-18(27-25-16)19(20,21)22/h3-9H,10H2,1-2H3,(H,23,26). The van der Waals surface area contributed by atoms with Crippen LogP contribution in [-0.2, 0) is 12.7 Å². The number of benzene rings is 2. The van der Waals surface area contributed by atoms with Crippen LogP contribution in [0.5, 0.6) is 0 Å². The molecule has 3 rings (SSSR count). The lowest BCUT2D eigenvalue weighted by atomic mass is 10.1. The average molecular weight is 375 g/mol. The van der Waals surface area contributed by atoms with Crippen LogP contribution in [0.25, 0.3) is 11.4 Å². The minimum Gasteiger partial charge on any atom is -0.348 e. The minimum absolute atomic E-state index is 0.190. The van der Waals surface area contributed by atoms with E-state index in [-0.39, 0.29) is 11.7 Å². The second kappa shape index (κ2) is 7.22. The van der Waals surface area contributed by atoms with E-state index in [4.69, 9.17) is 0 Å². The summed E-state index contributed by atoms with van der Waals surface area (Å²) >= 11 is 0. The molecule has 5 nitrogen and oxygen atoms in total. The smallest absolute Gasteiger partial charge is 0.348 e. The lowest BCUT2D eigenvalue weighted by Crippen LogP contribution is -2.23. The summed E-state index contributed by atoms with van der Waals surface area (Å²) in [5.74, 6) is -1.89. The zero-order valence-corrected chi connectivity index (χ0v) is 14.6. The summed E-state index contributed by atoms with van der Waals surface area (Å²) < 4.78 is 41.8. The van der Waals surface area contributed by atoms with Gasteiger partial charge in [-0.3, -0.25) is 4.79 Å². The minimum atomic E-state index is -4.70. The molecule has 0 bridgehead atoms. The zero-order valence-electron chi connectivity index (χ0n) is 14.6. The highest BCUT2D eigenvalue weighted by Crippen LogP contribution is 2.29. The Morgan fingerprint density at radius 3 is 2.44 bits per heavy atom. The molecule has 1 heterocycles. The number of rotatable bonds is 4. The molecule has 140 valence electrons. The summed E-state index contributed by atoms with van der Waals surface area (Å²) in [5.41, 5.74) is 3.90. The highest BCUT2D eigenvalue weighted by atomic mass is 19.4. The van der Waals surface area contributed by atoms with E-state index in [0.717, 1.165) is 16.7 Å². The summed E-state index contributed by atoms with van der Waals surface area (Å²) in [6, 6.07) is 11.9. The second-order valence-corrected chi connectivity index (χ2v) is 6.11. The van der Waals surface area contributed by atoms with Gasteiger partial charge in [0.25, 0.3) is 5.91 Å². The molecule has 0 aliphatic heterocycles. The molecule has 1 amide bonds. The average Bonchev–Trinajstić information content (AvgIpc) is 3.13. The Hall–Kier alpha value is -3.16. The normalized spacial score (nSPS) is 11.4. The summed E-state index contributed by atoms with van der Waals surface area (Å²) in [4.78, 5) is 15.6. The fourth-order valence-electron chi connectivity index (χ4n) is 2.49.